The number of halogens is 1. The lowest BCUT2D eigenvalue weighted by Crippen LogP contribution is -2.38. The van der Waals surface area contributed by atoms with E-state index in [-0.39, 0.29) is 19.1 Å². The van der Waals surface area contributed by atoms with Crippen LogP contribution in [0.3, 0.4) is 0 Å². The molecule has 5 heteroatoms. The molecule has 0 saturated carbocycles. The van der Waals surface area contributed by atoms with Crippen LogP contribution in [0.4, 0.5) is 0 Å². The molecule has 2 N–H and O–H groups in total. The van der Waals surface area contributed by atoms with Crippen LogP contribution in [-0.4, -0.2) is 33.2 Å². The normalized spacial score (nSPS) is 12.4. The molecule has 0 radical (unpaired) electrons. The molecule has 0 spiro atoms. The monoisotopic (exact) mass is 318 g/mol. The smallest absolute Gasteiger partial charge is 0.0766 e. The molecule has 0 aliphatic rings. The van der Waals surface area contributed by atoms with Crippen molar-refractivity contribution >= 4 is 15.9 Å². The average molecular weight is 319 g/mol. The van der Waals surface area contributed by atoms with Crippen LogP contribution >= 0.6 is 15.9 Å². The SMILES string of the molecule is CCc1nn(C)c(CC(CO)(CO)C(C)C)c1Br. The third-order valence-corrected chi connectivity index (χ3v) is 4.79. The van der Waals surface area contributed by atoms with Crippen molar-refractivity contribution in [2.24, 2.45) is 18.4 Å². The van der Waals surface area contributed by atoms with Gasteiger partial charge in [0.05, 0.1) is 29.1 Å². The summed E-state index contributed by atoms with van der Waals surface area (Å²) < 4.78 is 2.84. The van der Waals surface area contributed by atoms with Crippen molar-refractivity contribution in [1.82, 2.24) is 9.78 Å². The van der Waals surface area contributed by atoms with Gasteiger partial charge < -0.3 is 10.2 Å². The fraction of sp³-hybridized carbons (Fsp3) is 0.769. The number of aryl methyl sites for hydroxylation is 2. The van der Waals surface area contributed by atoms with E-state index in [1.807, 2.05) is 25.6 Å². The highest BCUT2D eigenvalue weighted by Gasteiger charge is 2.35. The second-order valence-electron chi connectivity index (χ2n) is 5.19. The number of aliphatic hydroxyl groups is 2. The maximum absolute atomic E-state index is 9.65. The second kappa shape index (κ2) is 6.17. The van der Waals surface area contributed by atoms with E-state index in [2.05, 4.69) is 28.0 Å². The van der Waals surface area contributed by atoms with Crippen LogP contribution in [0.2, 0.25) is 0 Å². The maximum atomic E-state index is 9.65. The standard InChI is InChI=1S/C13H23BrN2O2/c1-5-10-12(14)11(16(4)15-10)6-13(7-17,8-18)9(2)3/h9,17-18H,5-8H2,1-4H3. The summed E-state index contributed by atoms with van der Waals surface area (Å²) >= 11 is 3.58. The summed E-state index contributed by atoms with van der Waals surface area (Å²) in [7, 11) is 1.90. The van der Waals surface area contributed by atoms with Crippen molar-refractivity contribution < 1.29 is 10.2 Å². The number of nitrogens with zero attached hydrogens (tertiary/aromatic N) is 2. The highest BCUT2D eigenvalue weighted by atomic mass is 79.9. The van der Waals surface area contributed by atoms with Crippen molar-refractivity contribution in [2.45, 2.75) is 33.6 Å². The molecule has 0 amide bonds. The molecule has 18 heavy (non-hydrogen) atoms. The Hall–Kier alpha value is -0.390. The predicted molar refractivity (Wildman–Crippen MR) is 75.4 cm³/mol. The number of aromatic nitrogens is 2. The zero-order chi connectivity index (χ0) is 13.9. The number of hydrogen-bond acceptors (Lipinski definition) is 3. The van der Waals surface area contributed by atoms with E-state index in [0.29, 0.717) is 6.42 Å². The lowest BCUT2D eigenvalue weighted by Gasteiger charge is -2.34. The van der Waals surface area contributed by atoms with Crippen molar-refractivity contribution in [3.8, 4) is 0 Å². The molecule has 0 fully saturated rings. The maximum Gasteiger partial charge on any atom is 0.0766 e. The Kier molecular flexibility index (Phi) is 5.37. The van der Waals surface area contributed by atoms with Crippen LogP contribution in [0.1, 0.15) is 32.2 Å². The summed E-state index contributed by atoms with van der Waals surface area (Å²) in [6.07, 6.45) is 1.48. The van der Waals surface area contributed by atoms with Crippen molar-refractivity contribution in [2.75, 3.05) is 13.2 Å². The second-order valence-corrected chi connectivity index (χ2v) is 5.99. The Morgan fingerprint density at radius 2 is 1.89 bits per heavy atom. The topological polar surface area (TPSA) is 58.3 Å². The Labute approximate surface area is 117 Å². The molecular weight excluding hydrogens is 296 g/mol. The Morgan fingerprint density at radius 3 is 2.22 bits per heavy atom. The zero-order valence-electron chi connectivity index (χ0n) is 11.6. The van der Waals surface area contributed by atoms with Gasteiger partial charge in [-0.1, -0.05) is 20.8 Å². The molecule has 1 aromatic rings. The average Bonchev–Trinajstić information content (AvgIpc) is 2.62. The van der Waals surface area contributed by atoms with Crippen molar-refractivity contribution in [1.29, 1.82) is 0 Å². The van der Waals surface area contributed by atoms with Gasteiger partial charge in [-0.3, -0.25) is 4.68 Å². The van der Waals surface area contributed by atoms with Crippen LogP contribution < -0.4 is 0 Å². The lowest BCUT2D eigenvalue weighted by atomic mass is 9.75. The first-order valence-electron chi connectivity index (χ1n) is 6.33. The van der Waals surface area contributed by atoms with E-state index in [0.717, 1.165) is 22.3 Å². The molecular formula is C13H23BrN2O2. The molecule has 0 aromatic carbocycles. The van der Waals surface area contributed by atoms with Crippen LogP contribution in [-0.2, 0) is 19.9 Å². The molecule has 1 aromatic heterocycles. The highest BCUT2D eigenvalue weighted by Crippen LogP contribution is 2.34. The van der Waals surface area contributed by atoms with Gasteiger partial charge in [0.25, 0.3) is 0 Å². The number of aliphatic hydroxyl groups excluding tert-OH is 2. The van der Waals surface area contributed by atoms with Gasteiger partial charge in [-0.2, -0.15) is 5.10 Å². The minimum absolute atomic E-state index is 0.0275. The molecule has 0 aliphatic heterocycles. The highest BCUT2D eigenvalue weighted by molar-refractivity contribution is 9.10. The molecule has 0 atom stereocenters. The van der Waals surface area contributed by atoms with Crippen LogP contribution in [0.25, 0.3) is 0 Å². The lowest BCUT2D eigenvalue weighted by molar-refractivity contribution is 0.0148. The molecule has 0 unspecified atom stereocenters. The van der Waals surface area contributed by atoms with E-state index in [1.165, 1.54) is 0 Å². The van der Waals surface area contributed by atoms with E-state index in [1.54, 1.807) is 0 Å². The fourth-order valence-electron chi connectivity index (χ4n) is 2.08. The van der Waals surface area contributed by atoms with E-state index in [4.69, 9.17) is 0 Å². The molecule has 104 valence electrons. The Balaban J connectivity index is 3.12. The number of rotatable bonds is 6. The summed E-state index contributed by atoms with van der Waals surface area (Å²) in [5.74, 6) is 0.194. The first-order valence-corrected chi connectivity index (χ1v) is 7.13. The summed E-state index contributed by atoms with van der Waals surface area (Å²) in [6, 6.07) is 0. The summed E-state index contributed by atoms with van der Waals surface area (Å²) in [6.45, 7) is 6.06. The van der Waals surface area contributed by atoms with Crippen LogP contribution in [0.5, 0.6) is 0 Å². The first kappa shape index (κ1) is 15.7. The van der Waals surface area contributed by atoms with Gasteiger partial charge in [0, 0.05) is 18.9 Å². The van der Waals surface area contributed by atoms with E-state index in [9.17, 15) is 10.2 Å². The summed E-state index contributed by atoms with van der Waals surface area (Å²) in [4.78, 5) is 0. The molecule has 1 rings (SSSR count). The minimum atomic E-state index is -0.499. The molecule has 0 saturated heterocycles. The van der Waals surface area contributed by atoms with Gasteiger partial charge in [0.1, 0.15) is 0 Å². The minimum Gasteiger partial charge on any atom is -0.396 e. The molecule has 1 heterocycles. The Bertz CT molecular complexity index is 398. The van der Waals surface area contributed by atoms with E-state index >= 15 is 0 Å². The van der Waals surface area contributed by atoms with Gasteiger partial charge in [0.2, 0.25) is 0 Å². The summed E-state index contributed by atoms with van der Waals surface area (Å²) in [5, 5.41) is 23.7. The largest absolute Gasteiger partial charge is 0.396 e. The quantitative estimate of drug-likeness (QED) is 0.842. The van der Waals surface area contributed by atoms with Gasteiger partial charge in [-0.25, -0.2) is 0 Å². The molecule has 4 nitrogen and oxygen atoms in total. The van der Waals surface area contributed by atoms with E-state index < -0.39 is 5.41 Å². The zero-order valence-corrected chi connectivity index (χ0v) is 13.2. The van der Waals surface area contributed by atoms with Crippen molar-refractivity contribution in [3.05, 3.63) is 15.9 Å². The van der Waals surface area contributed by atoms with Crippen LogP contribution in [0, 0.1) is 11.3 Å². The summed E-state index contributed by atoms with van der Waals surface area (Å²) in [5.41, 5.74) is 1.55. The van der Waals surface area contributed by atoms with Gasteiger partial charge in [-0.15, -0.1) is 0 Å². The third-order valence-electron chi connectivity index (χ3n) is 3.88. The molecule has 0 aliphatic carbocycles. The number of hydrogen-bond donors (Lipinski definition) is 2. The van der Waals surface area contributed by atoms with Gasteiger partial charge in [-0.05, 0) is 28.3 Å². The fourth-order valence-corrected chi connectivity index (χ4v) is 2.83. The first-order chi connectivity index (χ1) is 8.41. The van der Waals surface area contributed by atoms with Crippen LogP contribution in [0.15, 0.2) is 4.47 Å². The third kappa shape index (κ3) is 2.78. The Morgan fingerprint density at radius 1 is 1.33 bits per heavy atom. The van der Waals surface area contributed by atoms with Gasteiger partial charge in [0.15, 0.2) is 0 Å². The predicted octanol–water partition coefficient (Wildman–Crippen LogP) is 1.91. The van der Waals surface area contributed by atoms with Crippen molar-refractivity contribution in [3.63, 3.8) is 0 Å². The molecule has 0 bridgehead atoms. The van der Waals surface area contributed by atoms with Gasteiger partial charge >= 0.3 is 0 Å².